The zero-order valence-corrected chi connectivity index (χ0v) is 11.3. The van der Waals surface area contributed by atoms with Crippen molar-refractivity contribution < 1.29 is 14.4 Å². The highest BCUT2D eigenvalue weighted by Crippen LogP contribution is 2.21. The van der Waals surface area contributed by atoms with Crippen LogP contribution in [0.1, 0.15) is 27.1 Å². The van der Waals surface area contributed by atoms with Crippen molar-refractivity contribution in [3.63, 3.8) is 0 Å². The topological polar surface area (TPSA) is 78.5 Å². The number of benzene rings is 1. The van der Waals surface area contributed by atoms with E-state index in [4.69, 9.17) is 0 Å². The van der Waals surface area contributed by atoms with Gasteiger partial charge in [0.1, 0.15) is 0 Å². The van der Waals surface area contributed by atoms with Crippen LogP contribution in [0.25, 0.3) is 0 Å². The molecule has 2 rings (SSSR count). The van der Waals surface area contributed by atoms with E-state index in [-0.39, 0.29) is 30.8 Å². The predicted octanol–water partition coefficient (Wildman–Crippen LogP) is 0.00830. The third-order valence-electron chi connectivity index (χ3n) is 3.14. The van der Waals surface area contributed by atoms with E-state index in [9.17, 15) is 14.4 Å². The fourth-order valence-corrected chi connectivity index (χ4v) is 2.08. The highest BCUT2D eigenvalue weighted by atomic mass is 16.2. The van der Waals surface area contributed by atoms with Crippen molar-refractivity contribution in [2.24, 2.45) is 0 Å². The van der Waals surface area contributed by atoms with E-state index in [1.54, 1.807) is 31.3 Å². The number of amides is 3. The Labute approximate surface area is 117 Å². The molecule has 0 bridgehead atoms. The number of nitrogens with one attached hydrogen (secondary N) is 2. The lowest BCUT2D eigenvalue weighted by molar-refractivity contribution is -0.121. The number of hydrogen-bond acceptors (Lipinski definition) is 4. The van der Waals surface area contributed by atoms with Crippen LogP contribution in [0.5, 0.6) is 0 Å². The van der Waals surface area contributed by atoms with E-state index < -0.39 is 0 Å². The molecule has 2 N–H and O–H groups in total. The number of carbonyl (C=O) groups is 3. The van der Waals surface area contributed by atoms with Gasteiger partial charge in [-0.25, -0.2) is 0 Å². The molecule has 0 atom stereocenters. The van der Waals surface area contributed by atoms with Crippen LogP contribution in [-0.2, 0) is 4.79 Å². The summed E-state index contributed by atoms with van der Waals surface area (Å²) in [6.07, 6.45) is 0.374. The van der Waals surface area contributed by atoms with Gasteiger partial charge in [0.25, 0.3) is 11.8 Å². The van der Waals surface area contributed by atoms with Gasteiger partial charge >= 0.3 is 0 Å². The fraction of sp³-hybridized carbons (Fsp3) is 0.357. The molecule has 0 radical (unpaired) electrons. The van der Waals surface area contributed by atoms with Gasteiger partial charge < -0.3 is 10.6 Å². The minimum atomic E-state index is -0.296. The molecule has 1 aromatic rings. The highest BCUT2D eigenvalue weighted by molar-refractivity contribution is 6.21. The summed E-state index contributed by atoms with van der Waals surface area (Å²) < 4.78 is 0. The maximum atomic E-state index is 12.0. The molecule has 0 saturated heterocycles. The standard InChI is InChI=1S/C14H17N3O3/c1-15-7-6-12(18)16-8-9-17-13(19)10-4-2-3-5-11(10)14(17)20/h2-5,15H,6-9H2,1H3,(H,16,18). The van der Waals surface area contributed by atoms with Gasteiger partial charge in [-0.15, -0.1) is 0 Å². The number of rotatable bonds is 6. The number of hydrogen-bond donors (Lipinski definition) is 2. The van der Waals surface area contributed by atoms with E-state index in [0.717, 1.165) is 0 Å². The van der Waals surface area contributed by atoms with E-state index >= 15 is 0 Å². The van der Waals surface area contributed by atoms with Crippen LogP contribution in [0.4, 0.5) is 0 Å². The molecule has 0 saturated carbocycles. The lowest BCUT2D eigenvalue weighted by Crippen LogP contribution is -2.38. The third-order valence-corrected chi connectivity index (χ3v) is 3.14. The Morgan fingerprint density at radius 2 is 1.70 bits per heavy atom. The molecule has 1 aromatic carbocycles. The molecule has 0 spiro atoms. The molecule has 20 heavy (non-hydrogen) atoms. The number of nitrogens with zero attached hydrogens (tertiary/aromatic N) is 1. The van der Waals surface area contributed by atoms with Crippen LogP contribution in [0.3, 0.4) is 0 Å². The molecule has 0 aliphatic carbocycles. The summed E-state index contributed by atoms with van der Waals surface area (Å²) in [7, 11) is 1.77. The van der Waals surface area contributed by atoms with Crippen molar-refractivity contribution >= 4 is 17.7 Å². The fourth-order valence-electron chi connectivity index (χ4n) is 2.08. The average Bonchev–Trinajstić information content (AvgIpc) is 2.70. The summed E-state index contributed by atoms with van der Waals surface area (Å²) in [6, 6.07) is 6.74. The largest absolute Gasteiger partial charge is 0.354 e. The van der Waals surface area contributed by atoms with Crippen LogP contribution >= 0.6 is 0 Å². The van der Waals surface area contributed by atoms with Gasteiger partial charge in [0.15, 0.2) is 0 Å². The molecule has 1 heterocycles. The summed E-state index contributed by atoms with van der Waals surface area (Å²) in [6.45, 7) is 1.06. The Morgan fingerprint density at radius 1 is 1.10 bits per heavy atom. The highest BCUT2D eigenvalue weighted by Gasteiger charge is 2.34. The van der Waals surface area contributed by atoms with E-state index in [1.807, 2.05) is 0 Å². The SMILES string of the molecule is CNCCC(=O)NCCN1C(=O)c2ccccc2C1=O. The molecule has 3 amide bonds. The zero-order chi connectivity index (χ0) is 14.5. The van der Waals surface area contributed by atoms with Crippen LogP contribution < -0.4 is 10.6 Å². The van der Waals surface area contributed by atoms with Gasteiger partial charge in [0.2, 0.25) is 5.91 Å². The molecule has 0 fully saturated rings. The first-order valence-electron chi connectivity index (χ1n) is 6.51. The minimum Gasteiger partial charge on any atom is -0.354 e. The summed E-state index contributed by atoms with van der Waals surface area (Å²) >= 11 is 0. The van der Waals surface area contributed by atoms with Crippen LogP contribution in [0.2, 0.25) is 0 Å². The molecular weight excluding hydrogens is 258 g/mol. The molecule has 106 valence electrons. The average molecular weight is 275 g/mol. The molecule has 0 aromatic heterocycles. The molecule has 0 unspecified atom stereocenters. The Kier molecular flexibility index (Phi) is 4.47. The zero-order valence-electron chi connectivity index (χ0n) is 11.3. The molecule has 6 nitrogen and oxygen atoms in total. The summed E-state index contributed by atoms with van der Waals surface area (Å²) in [4.78, 5) is 36.7. The van der Waals surface area contributed by atoms with Gasteiger partial charge in [-0.1, -0.05) is 12.1 Å². The van der Waals surface area contributed by atoms with Gasteiger partial charge in [-0.3, -0.25) is 19.3 Å². The first-order valence-corrected chi connectivity index (χ1v) is 6.51. The monoisotopic (exact) mass is 275 g/mol. The number of fused-ring (bicyclic) bond motifs is 1. The van der Waals surface area contributed by atoms with Gasteiger partial charge in [0, 0.05) is 26.1 Å². The third kappa shape index (κ3) is 2.85. The lowest BCUT2D eigenvalue weighted by Gasteiger charge is -2.14. The van der Waals surface area contributed by atoms with Crippen LogP contribution in [0.15, 0.2) is 24.3 Å². The molecule has 6 heteroatoms. The lowest BCUT2D eigenvalue weighted by atomic mass is 10.1. The maximum absolute atomic E-state index is 12.0. The first-order chi connectivity index (χ1) is 9.65. The van der Waals surface area contributed by atoms with E-state index in [2.05, 4.69) is 10.6 Å². The summed E-state index contributed by atoms with van der Waals surface area (Å²) in [5.41, 5.74) is 0.859. The molecule has 1 aliphatic heterocycles. The van der Waals surface area contributed by atoms with Crippen LogP contribution in [0, 0.1) is 0 Å². The van der Waals surface area contributed by atoms with Crippen molar-refractivity contribution in [2.75, 3.05) is 26.7 Å². The number of imide groups is 1. The van der Waals surface area contributed by atoms with Crippen molar-refractivity contribution in [1.82, 2.24) is 15.5 Å². The van der Waals surface area contributed by atoms with Gasteiger partial charge in [-0.05, 0) is 19.2 Å². The first kappa shape index (κ1) is 14.2. The Bertz CT molecular complexity index is 507. The minimum absolute atomic E-state index is 0.101. The van der Waals surface area contributed by atoms with E-state index in [0.29, 0.717) is 24.1 Å². The van der Waals surface area contributed by atoms with Gasteiger partial charge in [-0.2, -0.15) is 0 Å². The Hall–Kier alpha value is -2.21. The van der Waals surface area contributed by atoms with Gasteiger partial charge in [0.05, 0.1) is 11.1 Å². The molecule has 1 aliphatic rings. The summed E-state index contributed by atoms with van der Waals surface area (Å²) in [5, 5.41) is 5.56. The van der Waals surface area contributed by atoms with Crippen molar-refractivity contribution in [3.8, 4) is 0 Å². The predicted molar refractivity (Wildman–Crippen MR) is 73.4 cm³/mol. The maximum Gasteiger partial charge on any atom is 0.261 e. The number of carbonyl (C=O) groups excluding carboxylic acids is 3. The smallest absolute Gasteiger partial charge is 0.261 e. The Morgan fingerprint density at radius 3 is 2.25 bits per heavy atom. The van der Waals surface area contributed by atoms with Crippen molar-refractivity contribution in [2.45, 2.75) is 6.42 Å². The summed E-state index contributed by atoms with van der Waals surface area (Å²) in [5.74, 6) is -0.693. The van der Waals surface area contributed by atoms with Crippen molar-refractivity contribution in [3.05, 3.63) is 35.4 Å². The van der Waals surface area contributed by atoms with Crippen molar-refractivity contribution in [1.29, 1.82) is 0 Å². The van der Waals surface area contributed by atoms with Crippen LogP contribution in [-0.4, -0.2) is 49.3 Å². The second-order valence-electron chi connectivity index (χ2n) is 4.51. The second kappa shape index (κ2) is 6.29. The Balaban J connectivity index is 1.88. The van der Waals surface area contributed by atoms with E-state index in [1.165, 1.54) is 4.90 Å². The second-order valence-corrected chi connectivity index (χ2v) is 4.51. The molecular formula is C14H17N3O3. The quantitative estimate of drug-likeness (QED) is 0.717. The normalized spacial score (nSPS) is 13.6.